The molecular weight excluding hydrogens is 148 g/mol. The monoisotopic (exact) mass is 173 g/mol. The molecule has 0 aromatic rings. The molecule has 1 N–H and O–H groups in total. The fourth-order valence-corrected chi connectivity index (χ4v) is 1.72. The first-order valence-corrected chi connectivity index (χ1v) is 4.90. The molecule has 0 aromatic carbocycles. The Labute approximate surface area is 77.5 Å². The molecule has 0 spiro atoms. The van der Waals surface area contributed by atoms with Crippen LogP contribution in [0.3, 0.4) is 0 Å². The lowest BCUT2D eigenvalue weighted by atomic mass is 10.0. The SMILES string of the molecule is CCNC(C)(C)C[N+](C)(C)CC. The first-order chi connectivity index (χ1) is 5.33. The van der Waals surface area contributed by atoms with Gasteiger partial charge in [0.15, 0.2) is 0 Å². The molecule has 0 aliphatic carbocycles. The smallest absolute Gasteiger partial charge is 0.0961 e. The van der Waals surface area contributed by atoms with E-state index < -0.39 is 0 Å². The lowest BCUT2D eigenvalue weighted by Crippen LogP contribution is -2.55. The zero-order valence-electron chi connectivity index (χ0n) is 9.57. The lowest BCUT2D eigenvalue weighted by molar-refractivity contribution is -0.892. The normalized spacial score (nSPS) is 13.5. The van der Waals surface area contributed by atoms with E-state index in [0.29, 0.717) is 0 Å². The highest BCUT2D eigenvalue weighted by atomic mass is 15.3. The Hall–Kier alpha value is -0.0800. The van der Waals surface area contributed by atoms with Gasteiger partial charge in [-0.2, -0.15) is 0 Å². The minimum Gasteiger partial charge on any atom is -0.327 e. The molecular formula is C10H25N2+. The van der Waals surface area contributed by atoms with Gasteiger partial charge in [-0.25, -0.2) is 0 Å². The van der Waals surface area contributed by atoms with Gasteiger partial charge in [0, 0.05) is 0 Å². The van der Waals surface area contributed by atoms with Gasteiger partial charge >= 0.3 is 0 Å². The van der Waals surface area contributed by atoms with Crippen molar-refractivity contribution in [3.05, 3.63) is 0 Å². The lowest BCUT2D eigenvalue weighted by Gasteiger charge is -2.37. The van der Waals surface area contributed by atoms with Crippen LogP contribution in [-0.4, -0.2) is 43.8 Å². The van der Waals surface area contributed by atoms with Crippen molar-refractivity contribution in [2.75, 3.05) is 33.7 Å². The van der Waals surface area contributed by atoms with Crippen molar-refractivity contribution in [3.8, 4) is 0 Å². The van der Waals surface area contributed by atoms with Gasteiger partial charge in [0.2, 0.25) is 0 Å². The van der Waals surface area contributed by atoms with Crippen LogP contribution in [0, 0.1) is 0 Å². The number of hydrogen-bond donors (Lipinski definition) is 1. The summed E-state index contributed by atoms with van der Waals surface area (Å²) in [6, 6.07) is 0. The van der Waals surface area contributed by atoms with E-state index in [9.17, 15) is 0 Å². The molecule has 2 nitrogen and oxygen atoms in total. The Bertz CT molecular complexity index is 128. The van der Waals surface area contributed by atoms with Gasteiger partial charge in [0.05, 0.1) is 32.7 Å². The number of nitrogens with one attached hydrogen (secondary N) is 1. The Balaban J connectivity index is 4.04. The van der Waals surface area contributed by atoms with E-state index in [1.165, 1.54) is 13.1 Å². The van der Waals surface area contributed by atoms with E-state index in [4.69, 9.17) is 0 Å². The van der Waals surface area contributed by atoms with Crippen LogP contribution in [0.25, 0.3) is 0 Å². The zero-order valence-corrected chi connectivity index (χ0v) is 9.57. The summed E-state index contributed by atoms with van der Waals surface area (Å²) in [4.78, 5) is 0. The van der Waals surface area contributed by atoms with Crippen LogP contribution in [0.1, 0.15) is 27.7 Å². The Morgan fingerprint density at radius 2 is 1.67 bits per heavy atom. The highest BCUT2D eigenvalue weighted by Gasteiger charge is 2.25. The van der Waals surface area contributed by atoms with Crippen LogP contribution in [0.5, 0.6) is 0 Å². The fourth-order valence-electron chi connectivity index (χ4n) is 1.72. The summed E-state index contributed by atoms with van der Waals surface area (Å²) < 4.78 is 1.08. The Morgan fingerprint density at radius 1 is 1.17 bits per heavy atom. The number of nitrogens with zero attached hydrogens (tertiary/aromatic N) is 1. The molecule has 0 heterocycles. The third-order valence-electron chi connectivity index (χ3n) is 2.33. The molecule has 74 valence electrons. The molecule has 2 heteroatoms. The summed E-state index contributed by atoms with van der Waals surface area (Å²) in [5.41, 5.74) is 0.258. The summed E-state index contributed by atoms with van der Waals surface area (Å²) in [6.07, 6.45) is 0. The highest BCUT2D eigenvalue weighted by molar-refractivity contribution is 4.75. The molecule has 0 rings (SSSR count). The number of quaternary nitrogens is 1. The van der Waals surface area contributed by atoms with Crippen LogP contribution in [-0.2, 0) is 0 Å². The highest BCUT2D eigenvalue weighted by Crippen LogP contribution is 2.08. The molecule has 0 aliphatic heterocycles. The topological polar surface area (TPSA) is 12.0 Å². The van der Waals surface area contributed by atoms with Gasteiger partial charge in [0.1, 0.15) is 0 Å². The molecule has 0 amide bonds. The summed E-state index contributed by atoms with van der Waals surface area (Å²) >= 11 is 0. The van der Waals surface area contributed by atoms with Gasteiger partial charge in [0.25, 0.3) is 0 Å². The number of hydrogen-bond acceptors (Lipinski definition) is 1. The van der Waals surface area contributed by atoms with Crippen LogP contribution >= 0.6 is 0 Å². The first kappa shape index (κ1) is 11.9. The summed E-state index contributed by atoms with van der Waals surface area (Å²) in [5.74, 6) is 0. The molecule has 0 saturated carbocycles. The van der Waals surface area contributed by atoms with Crippen LogP contribution in [0.2, 0.25) is 0 Å². The van der Waals surface area contributed by atoms with E-state index >= 15 is 0 Å². The molecule has 0 aromatic heterocycles. The van der Waals surface area contributed by atoms with Crippen molar-refractivity contribution in [1.29, 1.82) is 0 Å². The molecule has 0 atom stereocenters. The van der Waals surface area contributed by atoms with Crippen LogP contribution in [0.15, 0.2) is 0 Å². The maximum absolute atomic E-state index is 3.50. The third kappa shape index (κ3) is 4.73. The third-order valence-corrected chi connectivity index (χ3v) is 2.33. The van der Waals surface area contributed by atoms with Gasteiger partial charge in [-0.3, -0.25) is 0 Å². The van der Waals surface area contributed by atoms with Crippen molar-refractivity contribution >= 4 is 0 Å². The molecule has 0 radical (unpaired) electrons. The van der Waals surface area contributed by atoms with Gasteiger partial charge in [-0.15, -0.1) is 0 Å². The predicted molar refractivity (Wildman–Crippen MR) is 55.3 cm³/mol. The average molecular weight is 173 g/mol. The minimum atomic E-state index is 0.258. The number of rotatable bonds is 5. The second-order valence-electron chi connectivity index (χ2n) is 4.82. The van der Waals surface area contributed by atoms with E-state index in [0.717, 1.165) is 11.0 Å². The molecule has 0 fully saturated rings. The van der Waals surface area contributed by atoms with Gasteiger partial charge in [-0.05, 0) is 27.3 Å². The molecule has 0 saturated heterocycles. The van der Waals surface area contributed by atoms with Gasteiger partial charge < -0.3 is 9.80 Å². The number of likely N-dealkylation sites (N-methyl/N-ethyl adjacent to an activating group) is 2. The van der Waals surface area contributed by atoms with E-state index in [2.05, 4.69) is 47.1 Å². The fraction of sp³-hybridized carbons (Fsp3) is 1.00. The Morgan fingerprint density at radius 3 is 2.00 bits per heavy atom. The van der Waals surface area contributed by atoms with Gasteiger partial charge in [-0.1, -0.05) is 6.92 Å². The largest absolute Gasteiger partial charge is 0.327 e. The van der Waals surface area contributed by atoms with Crippen molar-refractivity contribution in [3.63, 3.8) is 0 Å². The summed E-state index contributed by atoms with van der Waals surface area (Å²) in [6.45, 7) is 12.4. The maximum Gasteiger partial charge on any atom is 0.0961 e. The average Bonchev–Trinajstić information content (AvgIpc) is 1.85. The zero-order chi connectivity index (χ0) is 9.83. The van der Waals surface area contributed by atoms with Crippen LogP contribution in [0.4, 0.5) is 0 Å². The summed E-state index contributed by atoms with van der Waals surface area (Å²) in [7, 11) is 4.55. The van der Waals surface area contributed by atoms with Crippen molar-refractivity contribution in [1.82, 2.24) is 5.32 Å². The first-order valence-electron chi connectivity index (χ1n) is 4.90. The van der Waals surface area contributed by atoms with Crippen LogP contribution < -0.4 is 5.32 Å². The van der Waals surface area contributed by atoms with E-state index in [1.807, 2.05) is 0 Å². The second-order valence-corrected chi connectivity index (χ2v) is 4.82. The molecule has 12 heavy (non-hydrogen) atoms. The minimum absolute atomic E-state index is 0.258. The summed E-state index contributed by atoms with van der Waals surface area (Å²) in [5, 5.41) is 3.50. The predicted octanol–water partition coefficient (Wildman–Crippen LogP) is 1.47. The van der Waals surface area contributed by atoms with E-state index in [1.54, 1.807) is 0 Å². The van der Waals surface area contributed by atoms with Crippen molar-refractivity contribution in [2.24, 2.45) is 0 Å². The molecule has 0 unspecified atom stereocenters. The van der Waals surface area contributed by atoms with Crippen molar-refractivity contribution in [2.45, 2.75) is 33.2 Å². The van der Waals surface area contributed by atoms with E-state index in [-0.39, 0.29) is 5.54 Å². The molecule has 0 bridgehead atoms. The van der Waals surface area contributed by atoms with Crippen molar-refractivity contribution < 1.29 is 4.48 Å². The quantitative estimate of drug-likeness (QED) is 0.621. The molecule has 0 aliphatic rings. The standard InChI is InChI=1S/C10H25N2/c1-7-11-10(3,4)9-12(5,6)8-2/h11H,7-9H2,1-6H3/q+1. The second kappa shape index (κ2) is 4.24. The maximum atomic E-state index is 3.50. The Kier molecular flexibility index (Phi) is 4.21.